The number of ketones is 1. The van der Waals surface area contributed by atoms with Crippen LogP contribution in [0.3, 0.4) is 0 Å². The van der Waals surface area contributed by atoms with Gasteiger partial charge in [0.2, 0.25) is 0 Å². The van der Waals surface area contributed by atoms with Gasteiger partial charge in [-0.2, -0.15) is 0 Å². The van der Waals surface area contributed by atoms with Crippen molar-refractivity contribution in [1.29, 1.82) is 0 Å². The van der Waals surface area contributed by atoms with Gasteiger partial charge in [-0.15, -0.1) is 0 Å². The third-order valence-electron chi connectivity index (χ3n) is 6.67. The maximum atomic E-state index is 12.3. The Morgan fingerprint density at radius 3 is 2.50 bits per heavy atom. The van der Waals surface area contributed by atoms with Crippen molar-refractivity contribution < 1.29 is 9.90 Å². The van der Waals surface area contributed by atoms with E-state index < -0.39 is 0 Å². The molecule has 0 spiro atoms. The zero-order valence-electron chi connectivity index (χ0n) is 12.8. The smallest absolute Gasteiger partial charge is 0.158 e. The van der Waals surface area contributed by atoms with Crippen LogP contribution in [0.1, 0.15) is 64.7 Å². The summed E-state index contributed by atoms with van der Waals surface area (Å²) in [6.45, 7) is 6.04. The van der Waals surface area contributed by atoms with E-state index in [9.17, 15) is 9.90 Å². The summed E-state index contributed by atoms with van der Waals surface area (Å²) in [6.07, 6.45) is 10.5. The van der Waals surface area contributed by atoms with Gasteiger partial charge in [-0.3, -0.25) is 4.79 Å². The van der Waals surface area contributed by atoms with Gasteiger partial charge in [0.1, 0.15) is 0 Å². The fourth-order valence-corrected chi connectivity index (χ4v) is 5.57. The van der Waals surface area contributed by atoms with Crippen LogP contribution in [0.4, 0.5) is 0 Å². The van der Waals surface area contributed by atoms with Gasteiger partial charge in [0.25, 0.3) is 0 Å². The van der Waals surface area contributed by atoms with E-state index in [2.05, 4.69) is 6.58 Å². The molecule has 0 aromatic heterocycles. The number of allylic oxidation sites excluding steroid dienone is 1. The minimum absolute atomic E-state index is 0.206. The second-order valence-electron chi connectivity index (χ2n) is 7.92. The Labute approximate surface area is 122 Å². The van der Waals surface area contributed by atoms with Crippen LogP contribution in [0.5, 0.6) is 0 Å². The zero-order chi connectivity index (χ0) is 14.4. The molecule has 3 aliphatic rings. The number of rotatable bonds is 5. The second-order valence-corrected chi connectivity index (χ2v) is 7.92. The molecule has 2 bridgehead atoms. The molecular formula is C18H28O2. The molecule has 3 unspecified atom stereocenters. The van der Waals surface area contributed by atoms with Gasteiger partial charge in [-0.25, -0.2) is 0 Å². The molecule has 2 nitrogen and oxygen atoms in total. The molecule has 2 heteroatoms. The van der Waals surface area contributed by atoms with Gasteiger partial charge in [0.15, 0.2) is 5.78 Å². The fourth-order valence-electron chi connectivity index (χ4n) is 5.57. The van der Waals surface area contributed by atoms with Crippen LogP contribution in [-0.4, -0.2) is 17.5 Å². The van der Waals surface area contributed by atoms with Crippen LogP contribution in [0.15, 0.2) is 12.2 Å². The average Bonchev–Trinajstić information content (AvgIpc) is 3.13. The lowest BCUT2D eigenvalue weighted by atomic mass is 9.63. The minimum Gasteiger partial charge on any atom is -0.396 e. The van der Waals surface area contributed by atoms with Crippen LogP contribution in [0.25, 0.3) is 0 Å². The highest BCUT2D eigenvalue weighted by Crippen LogP contribution is 2.65. The summed E-state index contributed by atoms with van der Waals surface area (Å²) < 4.78 is 0. The highest BCUT2D eigenvalue weighted by atomic mass is 16.3. The maximum Gasteiger partial charge on any atom is 0.158 e. The zero-order valence-corrected chi connectivity index (χ0v) is 12.8. The third kappa shape index (κ3) is 2.16. The molecule has 0 aromatic rings. The normalized spacial score (nSPS) is 38.3. The van der Waals surface area contributed by atoms with Crippen molar-refractivity contribution in [1.82, 2.24) is 0 Å². The topological polar surface area (TPSA) is 37.3 Å². The molecular weight excluding hydrogens is 248 g/mol. The fraction of sp³-hybridized carbons (Fsp3) is 0.833. The molecule has 3 rings (SSSR count). The molecule has 3 aliphatic carbocycles. The van der Waals surface area contributed by atoms with Crippen molar-refractivity contribution in [2.75, 3.05) is 6.61 Å². The summed E-state index contributed by atoms with van der Waals surface area (Å²) in [5.74, 6) is 1.71. The summed E-state index contributed by atoms with van der Waals surface area (Å²) >= 11 is 0. The lowest BCUT2D eigenvalue weighted by molar-refractivity contribution is -0.119. The Hall–Kier alpha value is -0.630. The Bertz CT molecular complexity index is 419. The molecule has 20 heavy (non-hydrogen) atoms. The van der Waals surface area contributed by atoms with Crippen LogP contribution in [-0.2, 0) is 4.79 Å². The van der Waals surface area contributed by atoms with E-state index in [1.165, 1.54) is 44.9 Å². The summed E-state index contributed by atoms with van der Waals surface area (Å²) in [6, 6.07) is 0. The molecule has 0 aromatic carbocycles. The molecule has 0 saturated heterocycles. The molecule has 0 aliphatic heterocycles. The quantitative estimate of drug-likeness (QED) is 0.774. The van der Waals surface area contributed by atoms with Crippen molar-refractivity contribution in [2.24, 2.45) is 22.7 Å². The molecule has 1 N–H and O–H groups in total. The Kier molecular flexibility index (Phi) is 3.56. The summed E-state index contributed by atoms with van der Waals surface area (Å²) in [5.41, 5.74) is 1.16. The Morgan fingerprint density at radius 2 is 1.95 bits per heavy atom. The van der Waals surface area contributed by atoms with E-state index in [1.807, 2.05) is 6.92 Å². The summed E-state index contributed by atoms with van der Waals surface area (Å²) in [4.78, 5) is 12.3. The van der Waals surface area contributed by atoms with Gasteiger partial charge in [0, 0.05) is 13.0 Å². The number of aliphatic hydroxyl groups excluding tert-OH is 1. The third-order valence-corrected chi connectivity index (χ3v) is 6.67. The van der Waals surface area contributed by atoms with Crippen molar-refractivity contribution >= 4 is 5.78 Å². The van der Waals surface area contributed by atoms with E-state index in [1.54, 1.807) is 0 Å². The highest BCUT2D eigenvalue weighted by molar-refractivity contribution is 5.94. The van der Waals surface area contributed by atoms with Gasteiger partial charge in [-0.05, 0) is 73.7 Å². The van der Waals surface area contributed by atoms with Crippen molar-refractivity contribution in [2.45, 2.75) is 64.7 Å². The van der Waals surface area contributed by atoms with Gasteiger partial charge >= 0.3 is 0 Å². The Balaban J connectivity index is 1.81. The highest BCUT2D eigenvalue weighted by Gasteiger charge is 2.57. The molecule has 0 radical (unpaired) electrons. The lowest BCUT2D eigenvalue weighted by Gasteiger charge is -2.41. The van der Waals surface area contributed by atoms with Crippen molar-refractivity contribution in [3.8, 4) is 0 Å². The molecule has 3 fully saturated rings. The standard InChI is InChI=1S/C18H28O2/c1-13(2)16(20)11-18(6-3-4-7-18)15-10-17(12-19)8-5-14(15)9-17/h14-15,19H,1,3-12H2,2H3. The lowest BCUT2D eigenvalue weighted by Crippen LogP contribution is -2.36. The first-order chi connectivity index (χ1) is 9.50. The number of fused-ring (bicyclic) bond motifs is 2. The van der Waals surface area contributed by atoms with Gasteiger partial charge in [0.05, 0.1) is 0 Å². The Morgan fingerprint density at radius 1 is 1.25 bits per heavy atom. The predicted octanol–water partition coefficient (Wildman–Crippen LogP) is 3.88. The first-order valence-electron chi connectivity index (χ1n) is 8.30. The first kappa shape index (κ1) is 14.3. The second kappa shape index (κ2) is 4.98. The number of hydrogen-bond donors (Lipinski definition) is 1. The summed E-state index contributed by atoms with van der Waals surface area (Å²) in [7, 11) is 0. The number of carbonyl (C=O) groups excluding carboxylic acids is 1. The number of Topliss-reactive ketones (excluding diaryl/α,β-unsaturated/α-hetero) is 1. The molecule has 0 amide bonds. The van der Waals surface area contributed by atoms with Gasteiger partial charge in [-0.1, -0.05) is 19.4 Å². The maximum absolute atomic E-state index is 12.3. The minimum atomic E-state index is 0.206. The van der Waals surface area contributed by atoms with E-state index in [0.717, 1.165) is 17.9 Å². The van der Waals surface area contributed by atoms with Gasteiger partial charge < -0.3 is 5.11 Å². The van der Waals surface area contributed by atoms with Crippen LogP contribution >= 0.6 is 0 Å². The molecule has 3 saturated carbocycles. The summed E-state index contributed by atoms with van der Waals surface area (Å²) in [5, 5.41) is 9.78. The van der Waals surface area contributed by atoms with Crippen LogP contribution in [0.2, 0.25) is 0 Å². The first-order valence-corrected chi connectivity index (χ1v) is 8.30. The largest absolute Gasteiger partial charge is 0.396 e. The van der Waals surface area contributed by atoms with E-state index in [0.29, 0.717) is 18.9 Å². The number of hydrogen-bond acceptors (Lipinski definition) is 2. The van der Waals surface area contributed by atoms with E-state index >= 15 is 0 Å². The number of carbonyl (C=O) groups is 1. The van der Waals surface area contributed by atoms with E-state index in [-0.39, 0.29) is 16.6 Å². The monoisotopic (exact) mass is 276 g/mol. The number of aliphatic hydroxyl groups is 1. The van der Waals surface area contributed by atoms with Crippen molar-refractivity contribution in [3.63, 3.8) is 0 Å². The average molecular weight is 276 g/mol. The molecule has 112 valence electrons. The SMILES string of the molecule is C=C(C)C(=O)CC1(C2CC3(CO)CCC2C3)CCCC1. The van der Waals surface area contributed by atoms with E-state index in [4.69, 9.17) is 0 Å². The predicted molar refractivity (Wildman–Crippen MR) is 80.3 cm³/mol. The van der Waals surface area contributed by atoms with Crippen LogP contribution < -0.4 is 0 Å². The molecule has 3 atom stereocenters. The molecule has 0 heterocycles. The van der Waals surface area contributed by atoms with Crippen LogP contribution in [0, 0.1) is 22.7 Å². The van der Waals surface area contributed by atoms with Crippen molar-refractivity contribution in [3.05, 3.63) is 12.2 Å².